The van der Waals surface area contributed by atoms with E-state index in [9.17, 15) is 10.2 Å². The zero-order valence-corrected chi connectivity index (χ0v) is 11.7. The van der Waals surface area contributed by atoms with Crippen LogP contribution in [-0.4, -0.2) is 69.3 Å². The predicted molar refractivity (Wildman–Crippen MR) is 71.4 cm³/mol. The average Bonchev–Trinajstić information content (AvgIpc) is 3.01. The number of fused-ring (bicyclic) bond motifs is 1. The molecule has 0 spiro atoms. The van der Waals surface area contributed by atoms with Gasteiger partial charge in [0, 0.05) is 14.1 Å². The van der Waals surface area contributed by atoms with Crippen LogP contribution in [0.1, 0.15) is 6.23 Å². The number of nitrogens with zero attached hydrogens (tertiary/aromatic N) is 4. The molecule has 1 fully saturated rings. The van der Waals surface area contributed by atoms with E-state index in [0.717, 1.165) is 0 Å². The largest absolute Gasteiger partial charge is 0.394 e. The van der Waals surface area contributed by atoms with Gasteiger partial charge in [0.2, 0.25) is 11.7 Å². The molecule has 1 aliphatic heterocycles. The van der Waals surface area contributed by atoms with Gasteiger partial charge in [-0.1, -0.05) is 4.98 Å². The summed E-state index contributed by atoms with van der Waals surface area (Å²) in [6.45, 7) is -0.366. The molecule has 4 N–H and O–H groups in total. The molecule has 0 bridgehead atoms. The van der Waals surface area contributed by atoms with E-state index < -0.39 is 24.5 Å². The van der Waals surface area contributed by atoms with Gasteiger partial charge in [0.25, 0.3) is 0 Å². The molecule has 1 saturated heterocycles. The van der Waals surface area contributed by atoms with Crippen molar-refractivity contribution in [2.75, 3.05) is 25.6 Å². The van der Waals surface area contributed by atoms with Gasteiger partial charge in [-0.25, -0.2) is 4.57 Å². The lowest BCUT2D eigenvalue weighted by Gasteiger charge is -2.12. The summed E-state index contributed by atoms with van der Waals surface area (Å²) in [4.78, 5) is 13.3. The van der Waals surface area contributed by atoms with Crippen LogP contribution in [0.2, 0.25) is 0 Å². The Hall–Kier alpha value is -1.81. The number of ether oxygens (including phenoxy) is 1. The third kappa shape index (κ3) is 2.14. The molecular weight excluding hydrogens is 278 g/mol. The number of H-pyrrole nitrogens is 1. The summed E-state index contributed by atoms with van der Waals surface area (Å²) in [6, 6.07) is 0. The van der Waals surface area contributed by atoms with Crippen molar-refractivity contribution in [3.63, 3.8) is 0 Å². The minimum Gasteiger partial charge on any atom is -0.394 e. The second kappa shape index (κ2) is 5.19. The van der Waals surface area contributed by atoms with Gasteiger partial charge >= 0.3 is 5.65 Å². The van der Waals surface area contributed by atoms with Gasteiger partial charge in [-0.3, -0.25) is 4.98 Å². The molecule has 1 aliphatic rings. The average molecular weight is 296 g/mol. The van der Waals surface area contributed by atoms with E-state index in [0.29, 0.717) is 17.0 Å². The van der Waals surface area contributed by atoms with E-state index >= 15 is 0 Å². The van der Waals surface area contributed by atoms with Crippen molar-refractivity contribution in [3.05, 3.63) is 12.7 Å². The number of aromatic nitrogens is 4. The highest BCUT2D eigenvalue weighted by molar-refractivity contribution is 5.80. The third-order valence-corrected chi connectivity index (χ3v) is 3.61. The second-order valence-corrected chi connectivity index (χ2v) is 5.20. The molecule has 2 aromatic heterocycles. The van der Waals surface area contributed by atoms with Crippen molar-refractivity contribution in [2.24, 2.45) is 0 Å². The Kier molecular flexibility index (Phi) is 3.49. The molecular formula is C12H18N5O4+. The topological polar surface area (TPSA) is 119 Å². The number of rotatable bonds is 3. The quantitative estimate of drug-likeness (QED) is 0.480. The molecule has 0 amide bonds. The predicted octanol–water partition coefficient (Wildman–Crippen LogP) is -2.08. The Morgan fingerprint density at radius 2 is 2.10 bits per heavy atom. The molecule has 4 atom stereocenters. The molecule has 0 unspecified atom stereocenters. The minimum absolute atomic E-state index is 0.366. The molecule has 0 saturated carbocycles. The molecule has 9 heteroatoms. The molecule has 0 aromatic carbocycles. The Morgan fingerprint density at radius 1 is 1.33 bits per heavy atom. The monoisotopic (exact) mass is 296 g/mol. The number of hydrogen-bond acceptors (Lipinski definition) is 7. The Balaban J connectivity index is 2.04. The van der Waals surface area contributed by atoms with Gasteiger partial charge in [0.05, 0.1) is 6.61 Å². The highest BCUT2D eigenvalue weighted by Gasteiger charge is 2.46. The van der Waals surface area contributed by atoms with E-state index in [1.54, 1.807) is 10.9 Å². The van der Waals surface area contributed by atoms with Crippen LogP contribution in [0, 0.1) is 0 Å². The van der Waals surface area contributed by atoms with Crippen LogP contribution >= 0.6 is 0 Å². The SMILES string of the molecule is CN(C)c1ncnc2c1[nH]c[n+]2[C@@H]1O[C@H](CO)[C@@H](O)[C@H]1O. The van der Waals surface area contributed by atoms with E-state index in [1.165, 1.54) is 6.33 Å². The Labute approximate surface area is 120 Å². The lowest BCUT2D eigenvalue weighted by atomic mass is 10.1. The van der Waals surface area contributed by atoms with Crippen molar-refractivity contribution in [1.82, 2.24) is 15.0 Å². The summed E-state index contributed by atoms with van der Waals surface area (Å²) in [5, 5.41) is 29.1. The normalized spacial score (nSPS) is 29.2. The molecule has 2 aromatic rings. The molecule has 0 aliphatic carbocycles. The summed E-state index contributed by atoms with van der Waals surface area (Å²) in [7, 11) is 3.72. The van der Waals surface area contributed by atoms with Gasteiger partial charge in [-0.05, 0) is 0 Å². The van der Waals surface area contributed by atoms with Crippen LogP contribution in [0.3, 0.4) is 0 Å². The van der Waals surface area contributed by atoms with E-state index in [-0.39, 0.29) is 6.61 Å². The second-order valence-electron chi connectivity index (χ2n) is 5.20. The standard InChI is InChI=1S/C12H17N5O4/c1-16(2)10-7-11(14-4-13-10)17(5-15-7)12-9(20)8(19)6(3-18)21-12/h4-6,8-9,12,18-20H,3H2,1-2H3/p+1/t6-,8-,9-,12-/m1/s1. The summed E-state index contributed by atoms with van der Waals surface area (Å²) < 4.78 is 7.10. The number of aliphatic hydroxyl groups excluding tert-OH is 3. The fourth-order valence-corrected chi connectivity index (χ4v) is 2.53. The fraction of sp³-hybridized carbons (Fsp3) is 0.583. The summed E-state index contributed by atoms with van der Waals surface area (Å²) in [5.41, 5.74) is 1.24. The first-order chi connectivity index (χ1) is 10.0. The molecule has 3 heterocycles. The molecule has 9 nitrogen and oxygen atoms in total. The molecule has 3 rings (SSSR count). The van der Waals surface area contributed by atoms with Gasteiger partial charge in [-0.15, -0.1) is 0 Å². The van der Waals surface area contributed by atoms with Crippen LogP contribution in [0.5, 0.6) is 0 Å². The van der Waals surface area contributed by atoms with Crippen molar-refractivity contribution in [3.8, 4) is 0 Å². The van der Waals surface area contributed by atoms with Crippen molar-refractivity contribution in [2.45, 2.75) is 24.5 Å². The highest BCUT2D eigenvalue weighted by Crippen LogP contribution is 2.27. The van der Waals surface area contributed by atoms with Gasteiger partial charge in [0.1, 0.15) is 18.3 Å². The fourth-order valence-electron chi connectivity index (χ4n) is 2.53. The van der Waals surface area contributed by atoms with Crippen LogP contribution in [-0.2, 0) is 4.74 Å². The number of aromatic amines is 1. The highest BCUT2D eigenvalue weighted by atomic mass is 16.6. The van der Waals surface area contributed by atoms with Crippen LogP contribution in [0.15, 0.2) is 12.7 Å². The maximum atomic E-state index is 10.1. The maximum absolute atomic E-state index is 10.1. The van der Waals surface area contributed by atoms with Crippen molar-refractivity contribution in [1.29, 1.82) is 0 Å². The van der Waals surface area contributed by atoms with Crippen molar-refractivity contribution < 1.29 is 24.6 Å². The smallest absolute Gasteiger partial charge is 0.309 e. The molecule has 114 valence electrons. The molecule has 21 heavy (non-hydrogen) atoms. The third-order valence-electron chi connectivity index (χ3n) is 3.61. The van der Waals surface area contributed by atoms with Crippen LogP contribution < -0.4 is 9.47 Å². The van der Waals surface area contributed by atoms with E-state index in [4.69, 9.17) is 9.84 Å². The summed E-state index contributed by atoms with van der Waals surface area (Å²) in [6.07, 6.45) is -0.916. The number of aliphatic hydroxyl groups is 3. The number of hydrogen-bond donors (Lipinski definition) is 4. The maximum Gasteiger partial charge on any atom is 0.309 e. The zero-order chi connectivity index (χ0) is 15.1. The van der Waals surface area contributed by atoms with Crippen LogP contribution in [0.25, 0.3) is 11.2 Å². The minimum atomic E-state index is -1.15. The van der Waals surface area contributed by atoms with Gasteiger partial charge in [0.15, 0.2) is 18.5 Å². The summed E-state index contributed by atoms with van der Waals surface area (Å²) in [5.74, 6) is 0.700. The number of imidazole rings is 1. The lowest BCUT2D eigenvalue weighted by molar-refractivity contribution is -0.745. The zero-order valence-electron chi connectivity index (χ0n) is 11.7. The number of nitrogens with one attached hydrogen (secondary N) is 1. The van der Waals surface area contributed by atoms with Gasteiger partial charge < -0.3 is 25.0 Å². The molecule has 0 radical (unpaired) electrons. The Bertz CT molecular complexity index is 646. The van der Waals surface area contributed by atoms with Crippen LogP contribution in [0.4, 0.5) is 5.82 Å². The van der Waals surface area contributed by atoms with E-state index in [2.05, 4.69) is 15.0 Å². The van der Waals surface area contributed by atoms with Crippen molar-refractivity contribution >= 4 is 17.0 Å². The first kappa shape index (κ1) is 14.1. The summed E-state index contributed by atoms with van der Waals surface area (Å²) >= 11 is 0. The number of anilines is 1. The first-order valence-corrected chi connectivity index (χ1v) is 6.57. The first-order valence-electron chi connectivity index (χ1n) is 6.57. The van der Waals surface area contributed by atoms with E-state index in [1.807, 2.05) is 19.0 Å². The lowest BCUT2D eigenvalue weighted by Crippen LogP contribution is -2.45. The Morgan fingerprint density at radius 3 is 2.71 bits per heavy atom. The van der Waals surface area contributed by atoms with Gasteiger partial charge in [-0.2, -0.15) is 4.98 Å².